The maximum Gasteiger partial charge on any atom is 0.274 e. The number of hydrogen-bond acceptors (Lipinski definition) is 6. The molecule has 8 nitrogen and oxygen atoms in total. The molecule has 2 aromatic rings. The average molecular weight is 316 g/mol. The van der Waals surface area contributed by atoms with Gasteiger partial charge < -0.3 is 9.64 Å². The fourth-order valence-electron chi connectivity index (χ4n) is 2.90. The molecule has 1 amide bonds. The van der Waals surface area contributed by atoms with Crippen molar-refractivity contribution in [1.82, 2.24) is 29.9 Å². The lowest BCUT2D eigenvalue weighted by molar-refractivity contribution is 0.0666. The van der Waals surface area contributed by atoms with Gasteiger partial charge in [0.25, 0.3) is 5.91 Å². The van der Waals surface area contributed by atoms with Gasteiger partial charge in [0.15, 0.2) is 0 Å². The van der Waals surface area contributed by atoms with Crippen molar-refractivity contribution in [1.29, 1.82) is 0 Å². The number of rotatable bonds is 4. The lowest BCUT2D eigenvalue weighted by Crippen LogP contribution is -2.40. The molecule has 0 saturated heterocycles. The van der Waals surface area contributed by atoms with Crippen molar-refractivity contribution in [2.75, 3.05) is 20.3 Å². The Hall–Kier alpha value is -2.35. The van der Waals surface area contributed by atoms with Crippen molar-refractivity contribution >= 4 is 5.91 Å². The zero-order chi connectivity index (χ0) is 16.4. The molecule has 2 aromatic heterocycles. The molecule has 3 heterocycles. The molecule has 1 atom stereocenters. The second kappa shape index (κ2) is 6.41. The molecule has 8 heteroatoms. The van der Waals surface area contributed by atoms with Gasteiger partial charge in [-0.05, 0) is 13.8 Å². The number of amides is 1. The van der Waals surface area contributed by atoms with Gasteiger partial charge in [-0.2, -0.15) is 0 Å². The van der Waals surface area contributed by atoms with Gasteiger partial charge in [0.05, 0.1) is 30.7 Å². The van der Waals surface area contributed by atoms with Gasteiger partial charge >= 0.3 is 0 Å². The number of carbonyl (C=O) groups excluding carboxylic acids is 1. The van der Waals surface area contributed by atoms with E-state index in [1.54, 1.807) is 18.2 Å². The Labute approximate surface area is 134 Å². The normalized spacial score (nSPS) is 17.2. The summed E-state index contributed by atoms with van der Waals surface area (Å²) < 4.78 is 7.20. The molecule has 1 aliphatic rings. The lowest BCUT2D eigenvalue weighted by atomic mass is 9.98. The number of methoxy groups -OCH3 is 1. The maximum atomic E-state index is 12.7. The van der Waals surface area contributed by atoms with Gasteiger partial charge in [-0.1, -0.05) is 5.21 Å². The summed E-state index contributed by atoms with van der Waals surface area (Å²) in [5.41, 5.74) is 3.02. The summed E-state index contributed by atoms with van der Waals surface area (Å²) in [7, 11) is 1.66. The van der Waals surface area contributed by atoms with E-state index < -0.39 is 0 Å². The van der Waals surface area contributed by atoms with Gasteiger partial charge in [0, 0.05) is 32.3 Å². The third kappa shape index (κ3) is 2.94. The van der Waals surface area contributed by atoms with Crippen molar-refractivity contribution in [3.63, 3.8) is 0 Å². The summed E-state index contributed by atoms with van der Waals surface area (Å²) in [6.07, 6.45) is 3.12. The minimum atomic E-state index is -0.143. The standard InChI is InChI=1S/C15H20N6O2/c1-4-21-14-11(9-23-3)7-20(8-13(14)18-19-21)15(22)12-6-16-10(2)5-17-12/h5-6,11H,4,7-9H2,1-3H3/t11-/m1/s1. The van der Waals surface area contributed by atoms with Crippen LogP contribution in [0, 0.1) is 6.92 Å². The van der Waals surface area contributed by atoms with Crippen LogP contribution >= 0.6 is 0 Å². The molecular formula is C15H20N6O2. The van der Waals surface area contributed by atoms with E-state index in [2.05, 4.69) is 20.3 Å². The fraction of sp³-hybridized carbons (Fsp3) is 0.533. The Kier molecular flexibility index (Phi) is 4.33. The zero-order valence-corrected chi connectivity index (χ0v) is 13.6. The molecule has 0 bridgehead atoms. The number of aromatic nitrogens is 5. The molecule has 3 rings (SSSR count). The van der Waals surface area contributed by atoms with E-state index in [9.17, 15) is 4.79 Å². The molecule has 0 aliphatic carbocycles. The van der Waals surface area contributed by atoms with Crippen molar-refractivity contribution < 1.29 is 9.53 Å². The van der Waals surface area contributed by atoms with Crippen molar-refractivity contribution in [3.05, 3.63) is 35.2 Å². The van der Waals surface area contributed by atoms with Crippen LogP contribution in [0.4, 0.5) is 0 Å². The monoisotopic (exact) mass is 316 g/mol. The molecule has 0 radical (unpaired) electrons. The van der Waals surface area contributed by atoms with Crippen LogP contribution in [0.15, 0.2) is 12.4 Å². The van der Waals surface area contributed by atoms with E-state index >= 15 is 0 Å². The molecule has 23 heavy (non-hydrogen) atoms. The molecule has 0 aromatic carbocycles. The largest absolute Gasteiger partial charge is 0.384 e. The first-order valence-corrected chi connectivity index (χ1v) is 7.63. The second-order valence-corrected chi connectivity index (χ2v) is 5.62. The topological polar surface area (TPSA) is 86.0 Å². The molecule has 1 aliphatic heterocycles. The molecular weight excluding hydrogens is 296 g/mol. The number of ether oxygens (including phenoxy) is 1. The van der Waals surface area contributed by atoms with Crippen LogP contribution in [-0.2, 0) is 17.8 Å². The van der Waals surface area contributed by atoms with E-state index in [1.807, 2.05) is 18.5 Å². The van der Waals surface area contributed by atoms with Crippen molar-refractivity contribution in [3.8, 4) is 0 Å². The summed E-state index contributed by atoms with van der Waals surface area (Å²) in [5, 5.41) is 8.40. The van der Waals surface area contributed by atoms with E-state index in [0.717, 1.165) is 23.6 Å². The van der Waals surface area contributed by atoms with Gasteiger partial charge in [-0.3, -0.25) is 9.78 Å². The highest BCUT2D eigenvalue weighted by Crippen LogP contribution is 2.28. The fourth-order valence-corrected chi connectivity index (χ4v) is 2.90. The minimum absolute atomic E-state index is 0.0565. The summed E-state index contributed by atoms with van der Waals surface area (Å²) >= 11 is 0. The third-order valence-electron chi connectivity index (χ3n) is 3.97. The highest BCUT2D eigenvalue weighted by molar-refractivity contribution is 5.92. The summed E-state index contributed by atoms with van der Waals surface area (Å²) in [6, 6.07) is 0. The van der Waals surface area contributed by atoms with Crippen LogP contribution in [0.1, 0.15) is 40.4 Å². The Morgan fingerprint density at radius 3 is 2.87 bits per heavy atom. The molecule has 0 spiro atoms. The second-order valence-electron chi connectivity index (χ2n) is 5.62. The van der Waals surface area contributed by atoms with Crippen LogP contribution in [0.25, 0.3) is 0 Å². The predicted molar refractivity (Wildman–Crippen MR) is 81.8 cm³/mol. The molecule has 122 valence electrons. The van der Waals surface area contributed by atoms with Crippen LogP contribution in [-0.4, -0.2) is 56.0 Å². The SMILES string of the molecule is CCn1nnc2c1[C@@H](COC)CN(C(=O)c1cnc(C)cn1)C2. The van der Waals surface area contributed by atoms with E-state index in [1.165, 1.54) is 6.20 Å². The first-order valence-electron chi connectivity index (χ1n) is 7.63. The van der Waals surface area contributed by atoms with Gasteiger partial charge in [-0.15, -0.1) is 5.10 Å². The van der Waals surface area contributed by atoms with Crippen LogP contribution in [0.2, 0.25) is 0 Å². The smallest absolute Gasteiger partial charge is 0.274 e. The number of aryl methyl sites for hydroxylation is 2. The number of fused-ring (bicyclic) bond motifs is 1. The highest BCUT2D eigenvalue weighted by Gasteiger charge is 2.33. The lowest BCUT2D eigenvalue weighted by Gasteiger charge is -2.31. The molecule has 0 saturated carbocycles. The Balaban J connectivity index is 1.88. The van der Waals surface area contributed by atoms with Crippen molar-refractivity contribution in [2.24, 2.45) is 0 Å². The number of hydrogen-bond donors (Lipinski definition) is 0. The third-order valence-corrected chi connectivity index (χ3v) is 3.97. The molecule has 0 unspecified atom stereocenters. The first-order chi connectivity index (χ1) is 11.1. The Morgan fingerprint density at radius 1 is 1.39 bits per heavy atom. The van der Waals surface area contributed by atoms with E-state index in [4.69, 9.17) is 4.74 Å². The highest BCUT2D eigenvalue weighted by atomic mass is 16.5. The Morgan fingerprint density at radius 2 is 2.22 bits per heavy atom. The van der Waals surface area contributed by atoms with Gasteiger partial charge in [-0.25, -0.2) is 9.67 Å². The minimum Gasteiger partial charge on any atom is -0.384 e. The van der Waals surface area contributed by atoms with Gasteiger partial charge in [0.2, 0.25) is 0 Å². The summed E-state index contributed by atoms with van der Waals surface area (Å²) in [6.45, 7) is 6.13. The van der Waals surface area contributed by atoms with E-state index in [-0.39, 0.29) is 11.8 Å². The molecule has 0 fully saturated rings. The quantitative estimate of drug-likeness (QED) is 0.828. The summed E-state index contributed by atoms with van der Waals surface area (Å²) in [4.78, 5) is 22.7. The Bertz CT molecular complexity index is 696. The average Bonchev–Trinajstić information content (AvgIpc) is 2.98. The first kappa shape index (κ1) is 15.5. The number of carbonyl (C=O) groups is 1. The maximum absolute atomic E-state index is 12.7. The van der Waals surface area contributed by atoms with Gasteiger partial charge in [0.1, 0.15) is 11.4 Å². The van der Waals surface area contributed by atoms with E-state index in [0.29, 0.717) is 25.4 Å². The van der Waals surface area contributed by atoms with Crippen LogP contribution in [0.3, 0.4) is 0 Å². The van der Waals surface area contributed by atoms with Crippen molar-refractivity contribution in [2.45, 2.75) is 32.9 Å². The zero-order valence-electron chi connectivity index (χ0n) is 13.6. The van der Waals surface area contributed by atoms with Crippen LogP contribution in [0.5, 0.6) is 0 Å². The summed E-state index contributed by atoms with van der Waals surface area (Å²) in [5.74, 6) is -0.0867. The number of nitrogens with zero attached hydrogens (tertiary/aromatic N) is 6. The van der Waals surface area contributed by atoms with Crippen LogP contribution < -0.4 is 0 Å². The predicted octanol–water partition coefficient (Wildman–Crippen LogP) is 0.782. The molecule has 0 N–H and O–H groups in total.